The van der Waals surface area contributed by atoms with Crippen molar-refractivity contribution in [1.29, 1.82) is 0 Å². The molecule has 1 aromatic rings. The molecule has 15 heteroatoms. The van der Waals surface area contributed by atoms with Crippen LogP contribution in [0.15, 0.2) is 60.0 Å². The van der Waals surface area contributed by atoms with E-state index in [9.17, 15) is 24.8 Å². The summed E-state index contributed by atoms with van der Waals surface area (Å²) in [6, 6.07) is 6.34. The van der Waals surface area contributed by atoms with E-state index in [1.807, 2.05) is 0 Å². The third-order valence-electron chi connectivity index (χ3n) is 5.63. The minimum atomic E-state index is -4.38. The number of hydrogen-bond donors (Lipinski definition) is 3. The zero-order chi connectivity index (χ0) is 28.1. The number of ether oxygens (including phenoxy) is 2. The minimum Gasteiger partial charge on any atom is -0.462 e. The number of para-hydroxylation sites is 1. The fourth-order valence-corrected chi connectivity index (χ4v) is 5.28. The highest BCUT2D eigenvalue weighted by Crippen LogP contribution is 2.48. The predicted molar refractivity (Wildman–Crippen MR) is 135 cm³/mol. The van der Waals surface area contributed by atoms with E-state index < -0.39 is 62.5 Å². The second-order valence-electron chi connectivity index (χ2n) is 9.04. The number of benzene rings is 1. The number of nitrogens with one attached hydrogen (secondary N) is 2. The average molecular weight is 551 g/mol. The van der Waals surface area contributed by atoms with Crippen molar-refractivity contribution in [2.45, 2.75) is 57.9 Å². The van der Waals surface area contributed by atoms with Gasteiger partial charge in [-0.2, -0.15) is 5.09 Å². The van der Waals surface area contributed by atoms with Crippen molar-refractivity contribution in [2.75, 3.05) is 6.61 Å². The van der Waals surface area contributed by atoms with Crippen LogP contribution < -0.4 is 14.9 Å². The Hall–Kier alpha value is -3.38. The van der Waals surface area contributed by atoms with Crippen LogP contribution in [0.2, 0.25) is 0 Å². The number of hydrogen-bond acceptors (Lipinski definition) is 9. The molecule has 1 saturated heterocycles. The molecule has 2 amide bonds. The summed E-state index contributed by atoms with van der Waals surface area (Å²) < 4.78 is 36.1. The molecule has 0 radical (unpaired) electrons. The van der Waals surface area contributed by atoms with E-state index >= 15 is 0 Å². The molecule has 0 bridgehead atoms. The molecular formula is C23H31N6O8P. The van der Waals surface area contributed by atoms with E-state index in [1.54, 1.807) is 39.0 Å². The highest BCUT2D eigenvalue weighted by Gasteiger charge is 2.56. The van der Waals surface area contributed by atoms with Crippen LogP contribution in [0.5, 0.6) is 5.75 Å². The molecule has 2 unspecified atom stereocenters. The van der Waals surface area contributed by atoms with Crippen molar-refractivity contribution in [3.05, 3.63) is 65.3 Å². The van der Waals surface area contributed by atoms with E-state index in [0.29, 0.717) is 5.70 Å². The van der Waals surface area contributed by atoms with Crippen LogP contribution in [-0.4, -0.2) is 58.8 Å². The van der Waals surface area contributed by atoms with Gasteiger partial charge in [0.2, 0.25) is 0 Å². The van der Waals surface area contributed by atoms with Gasteiger partial charge in [-0.05, 0) is 44.5 Å². The molecule has 1 aromatic carbocycles. The first-order chi connectivity index (χ1) is 17.9. The molecule has 0 saturated carbocycles. The molecule has 14 nitrogen and oxygen atoms in total. The van der Waals surface area contributed by atoms with Gasteiger partial charge in [-0.1, -0.05) is 36.8 Å². The van der Waals surface area contributed by atoms with Gasteiger partial charge in [-0.3, -0.25) is 14.2 Å². The van der Waals surface area contributed by atoms with Gasteiger partial charge in [-0.25, -0.2) is 9.36 Å². The molecule has 1 fully saturated rings. The highest BCUT2D eigenvalue weighted by atomic mass is 31.2. The van der Waals surface area contributed by atoms with E-state index in [1.165, 1.54) is 36.2 Å². The lowest BCUT2D eigenvalue weighted by atomic mass is 9.98. The SMILES string of the molecule is C=C1C=CN([C@@H]2O[C@@](COP(=O)(NC(C)C(=O)OC(C)C)Oc3ccccc3)(N=[N+]=[N-])[C@@H](O)[C@@H]2C)C(=O)N1. The van der Waals surface area contributed by atoms with Crippen molar-refractivity contribution < 1.29 is 37.8 Å². The lowest BCUT2D eigenvalue weighted by Gasteiger charge is -2.32. The largest absolute Gasteiger partial charge is 0.462 e. The van der Waals surface area contributed by atoms with Gasteiger partial charge >= 0.3 is 19.7 Å². The highest BCUT2D eigenvalue weighted by molar-refractivity contribution is 7.52. The number of esters is 1. The van der Waals surface area contributed by atoms with Gasteiger partial charge in [0.05, 0.1) is 18.8 Å². The molecule has 3 N–H and O–H groups in total. The Kier molecular flexibility index (Phi) is 9.21. The van der Waals surface area contributed by atoms with Gasteiger partial charge in [0, 0.05) is 22.7 Å². The lowest BCUT2D eigenvalue weighted by Crippen LogP contribution is -2.47. The second kappa shape index (κ2) is 12.0. The minimum absolute atomic E-state index is 0.153. The number of azide groups is 1. The Labute approximate surface area is 219 Å². The molecule has 3 rings (SSSR count). The summed E-state index contributed by atoms with van der Waals surface area (Å²) in [6.45, 7) is 9.21. The van der Waals surface area contributed by atoms with Crippen LogP contribution in [0.1, 0.15) is 27.7 Å². The third-order valence-corrected chi connectivity index (χ3v) is 7.25. The summed E-state index contributed by atoms with van der Waals surface area (Å²) in [5.41, 5.74) is 7.52. The number of aliphatic hydroxyl groups is 1. The molecule has 206 valence electrons. The van der Waals surface area contributed by atoms with Crippen LogP contribution >= 0.6 is 7.75 Å². The number of amides is 2. The first-order valence-corrected chi connectivity index (χ1v) is 13.3. The van der Waals surface area contributed by atoms with E-state index in [4.69, 9.17) is 18.5 Å². The Balaban J connectivity index is 1.87. The number of allylic oxidation sites excluding steroid dienone is 1. The topological polar surface area (TPSA) is 184 Å². The van der Waals surface area contributed by atoms with Crippen LogP contribution in [0.3, 0.4) is 0 Å². The van der Waals surface area contributed by atoms with E-state index in [0.717, 1.165) is 0 Å². The Morgan fingerprint density at radius 3 is 2.68 bits per heavy atom. The van der Waals surface area contributed by atoms with Gasteiger partial charge in [0.15, 0.2) is 5.72 Å². The number of carbonyl (C=O) groups is 2. The van der Waals surface area contributed by atoms with Crippen LogP contribution in [0, 0.1) is 5.92 Å². The van der Waals surface area contributed by atoms with E-state index in [-0.39, 0.29) is 5.75 Å². The van der Waals surface area contributed by atoms with Crippen molar-refractivity contribution in [1.82, 2.24) is 15.3 Å². The van der Waals surface area contributed by atoms with Gasteiger partial charge < -0.3 is 24.4 Å². The number of rotatable bonds is 11. The van der Waals surface area contributed by atoms with Crippen LogP contribution in [0.4, 0.5) is 4.79 Å². The molecule has 2 heterocycles. The first-order valence-electron chi connectivity index (χ1n) is 11.8. The summed E-state index contributed by atoms with van der Waals surface area (Å²) in [5, 5.41) is 19.7. The summed E-state index contributed by atoms with van der Waals surface area (Å²) >= 11 is 0. The normalized spacial score (nSPS) is 27.3. The van der Waals surface area contributed by atoms with Crippen molar-refractivity contribution in [3.8, 4) is 5.75 Å². The lowest BCUT2D eigenvalue weighted by molar-refractivity contribution is -0.149. The zero-order valence-corrected chi connectivity index (χ0v) is 22.3. The first kappa shape index (κ1) is 29.2. The maximum absolute atomic E-state index is 13.8. The zero-order valence-electron chi connectivity index (χ0n) is 21.4. The molecular weight excluding hydrogens is 519 g/mol. The molecule has 2 aliphatic heterocycles. The molecule has 0 aliphatic carbocycles. The Morgan fingerprint density at radius 2 is 2.08 bits per heavy atom. The van der Waals surface area contributed by atoms with Crippen LogP contribution in [0.25, 0.3) is 10.4 Å². The maximum atomic E-state index is 13.8. The summed E-state index contributed by atoms with van der Waals surface area (Å²) in [4.78, 5) is 28.8. The average Bonchev–Trinajstić information content (AvgIpc) is 3.09. The molecule has 38 heavy (non-hydrogen) atoms. The quantitative estimate of drug-likeness (QED) is 0.122. The summed E-state index contributed by atoms with van der Waals surface area (Å²) in [7, 11) is -4.38. The van der Waals surface area contributed by atoms with Crippen molar-refractivity contribution in [2.24, 2.45) is 11.0 Å². The second-order valence-corrected chi connectivity index (χ2v) is 10.7. The Morgan fingerprint density at radius 1 is 1.39 bits per heavy atom. The fourth-order valence-electron chi connectivity index (χ4n) is 3.76. The molecule has 2 aliphatic rings. The van der Waals surface area contributed by atoms with Crippen molar-refractivity contribution >= 4 is 19.7 Å². The predicted octanol–water partition coefficient (Wildman–Crippen LogP) is 3.53. The number of nitrogens with zero attached hydrogens (tertiary/aromatic N) is 4. The monoisotopic (exact) mass is 550 g/mol. The van der Waals surface area contributed by atoms with Crippen molar-refractivity contribution in [3.63, 3.8) is 0 Å². The third kappa shape index (κ3) is 6.73. The molecule has 0 aromatic heterocycles. The summed E-state index contributed by atoms with van der Waals surface area (Å²) in [5.74, 6) is -1.33. The number of aliphatic hydroxyl groups excluding tert-OH is 1. The van der Waals surface area contributed by atoms with Crippen LogP contribution in [-0.2, 0) is 23.4 Å². The molecule has 6 atom stereocenters. The number of urea groups is 1. The standard InChI is InChI=1S/C23H31N6O8P/c1-14(2)35-21(31)17(5)26-38(33,37-18-9-7-6-8-10-18)34-13-23(27-28-24)19(30)16(4)20(36-23)29-12-11-15(3)25-22(29)32/h6-12,14,16-17,19-20,30H,3,13H2,1-2,4-5H3,(H,25,32)(H,26,33)/t16-,17?,19-,20+,23+,38?/m0/s1. The Bertz CT molecular complexity index is 1170. The fraction of sp³-hybridized carbons (Fsp3) is 0.478. The van der Waals surface area contributed by atoms with E-state index in [2.05, 4.69) is 27.0 Å². The molecule has 0 spiro atoms. The number of carbonyl (C=O) groups excluding carboxylic acids is 2. The van der Waals surface area contributed by atoms with Gasteiger partial charge in [0.25, 0.3) is 0 Å². The smallest absolute Gasteiger partial charge is 0.459 e. The maximum Gasteiger partial charge on any atom is 0.459 e. The van der Waals surface area contributed by atoms with Gasteiger partial charge in [-0.15, -0.1) is 0 Å². The summed E-state index contributed by atoms with van der Waals surface area (Å²) in [6.07, 6.45) is -0.0464. The van der Waals surface area contributed by atoms with Gasteiger partial charge in [0.1, 0.15) is 18.0 Å².